The minimum absolute atomic E-state index is 0. The van der Waals surface area contributed by atoms with Crippen LogP contribution in [0.3, 0.4) is 0 Å². The highest BCUT2D eigenvalue weighted by atomic mass is 79.9. The lowest BCUT2D eigenvalue weighted by Gasteiger charge is -2.13. The van der Waals surface area contributed by atoms with Crippen molar-refractivity contribution in [3.05, 3.63) is 22.8 Å². The standard InChI is InChI=1S/C12H14BrN3O.ClH/c1-12-5-7(14-8(12)6-12)11(17)16-10-4-2-3-9(13)15-10;/h2-4,7-8,14H,5-6H2,1H3,(H,15,16,17);1H. The number of nitrogens with zero attached hydrogens (tertiary/aromatic N) is 1. The number of pyridine rings is 1. The molecule has 3 rings (SSSR count). The number of amides is 1. The molecule has 18 heavy (non-hydrogen) atoms. The Bertz CT molecular complexity index is 484. The largest absolute Gasteiger partial charge is 0.309 e. The normalized spacial score (nSPS) is 32.3. The van der Waals surface area contributed by atoms with E-state index in [2.05, 4.69) is 38.5 Å². The zero-order valence-corrected chi connectivity index (χ0v) is 12.3. The molecule has 1 aromatic heterocycles. The molecule has 2 fully saturated rings. The Morgan fingerprint density at radius 3 is 2.94 bits per heavy atom. The highest BCUT2D eigenvalue weighted by molar-refractivity contribution is 9.10. The molecule has 1 aliphatic carbocycles. The Kier molecular flexibility index (Phi) is 3.67. The van der Waals surface area contributed by atoms with E-state index in [0.29, 0.717) is 17.3 Å². The van der Waals surface area contributed by atoms with Crippen LogP contribution in [0.5, 0.6) is 0 Å². The summed E-state index contributed by atoms with van der Waals surface area (Å²) in [7, 11) is 0. The number of carbonyl (C=O) groups excluding carboxylic acids is 1. The summed E-state index contributed by atoms with van der Waals surface area (Å²) in [4.78, 5) is 16.2. The number of rotatable bonds is 2. The highest BCUT2D eigenvalue weighted by Crippen LogP contribution is 2.53. The molecule has 1 amide bonds. The average Bonchev–Trinajstić information content (AvgIpc) is 2.77. The lowest BCUT2D eigenvalue weighted by Crippen LogP contribution is -2.38. The lowest BCUT2D eigenvalue weighted by molar-refractivity contribution is -0.118. The SMILES string of the molecule is CC12CC(C(=O)Nc3cccc(Br)n3)NC1C2.Cl. The van der Waals surface area contributed by atoms with Crippen LogP contribution in [0.2, 0.25) is 0 Å². The summed E-state index contributed by atoms with van der Waals surface area (Å²) in [5.41, 5.74) is 0.354. The van der Waals surface area contributed by atoms with E-state index in [1.165, 1.54) is 6.42 Å². The maximum atomic E-state index is 12.0. The minimum Gasteiger partial charge on any atom is -0.309 e. The van der Waals surface area contributed by atoms with Gasteiger partial charge in [0, 0.05) is 6.04 Å². The predicted molar refractivity (Wildman–Crippen MR) is 75.9 cm³/mol. The van der Waals surface area contributed by atoms with Crippen molar-refractivity contribution < 1.29 is 4.79 Å². The van der Waals surface area contributed by atoms with Gasteiger partial charge in [-0.15, -0.1) is 12.4 Å². The van der Waals surface area contributed by atoms with Gasteiger partial charge in [0.25, 0.3) is 0 Å². The molecular weight excluding hydrogens is 318 g/mol. The second-order valence-electron chi connectivity index (χ2n) is 5.17. The fraction of sp³-hybridized carbons (Fsp3) is 0.500. The van der Waals surface area contributed by atoms with Crippen molar-refractivity contribution in [2.45, 2.75) is 31.8 Å². The van der Waals surface area contributed by atoms with E-state index < -0.39 is 0 Å². The summed E-state index contributed by atoms with van der Waals surface area (Å²) < 4.78 is 0.726. The van der Waals surface area contributed by atoms with Gasteiger partial charge in [-0.05, 0) is 46.3 Å². The zero-order chi connectivity index (χ0) is 12.0. The topological polar surface area (TPSA) is 54.0 Å². The number of hydrogen-bond acceptors (Lipinski definition) is 3. The summed E-state index contributed by atoms with van der Waals surface area (Å²) in [6, 6.07) is 5.95. The van der Waals surface area contributed by atoms with E-state index >= 15 is 0 Å². The molecular formula is C12H15BrClN3O. The van der Waals surface area contributed by atoms with Crippen LogP contribution in [-0.2, 0) is 4.79 Å². The second-order valence-corrected chi connectivity index (χ2v) is 5.98. The number of piperidine rings is 1. The molecule has 0 radical (unpaired) electrons. The van der Waals surface area contributed by atoms with E-state index in [9.17, 15) is 4.79 Å². The molecule has 2 N–H and O–H groups in total. The second kappa shape index (κ2) is 4.79. The molecule has 1 aliphatic heterocycles. The summed E-state index contributed by atoms with van der Waals surface area (Å²) >= 11 is 3.28. The van der Waals surface area contributed by atoms with Crippen LogP contribution in [0, 0.1) is 5.41 Å². The number of hydrogen-bond donors (Lipinski definition) is 2. The Labute approximate surface area is 120 Å². The van der Waals surface area contributed by atoms with E-state index in [0.717, 1.165) is 11.0 Å². The lowest BCUT2D eigenvalue weighted by atomic mass is 10.0. The molecule has 1 saturated heterocycles. The molecule has 0 spiro atoms. The maximum Gasteiger partial charge on any atom is 0.242 e. The quantitative estimate of drug-likeness (QED) is 0.817. The molecule has 2 aliphatic rings. The first-order chi connectivity index (χ1) is 8.07. The molecule has 3 atom stereocenters. The van der Waals surface area contributed by atoms with Crippen LogP contribution >= 0.6 is 28.3 Å². The third-order valence-electron chi connectivity index (χ3n) is 3.71. The van der Waals surface area contributed by atoms with E-state index in [4.69, 9.17) is 0 Å². The summed E-state index contributed by atoms with van der Waals surface area (Å²) in [5, 5.41) is 6.19. The van der Waals surface area contributed by atoms with Gasteiger partial charge < -0.3 is 10.6 Å². The molecule has 6 heteroatoms. The Morgan fingerprint density at radius 1 is 1.56 bits per heavy atom. The minimum atomic E-state index is -0.0699. The highest BCUT2D eigenvalue weighted by Gasteiger charge is 2.58. The Hall–Kier alpha value is -0.650. The molecule has 0 aromatic carbocycles. The van der Waals surface area contributed by atoms with Gasteiger partial charge >= 0.3 is 0 Å². The van der Waals surface area contributed by atoms with Gasteiger partial charge in [-0.3, -0.25) is 4.79 Å². The monoisotopic (exact) mass is 331 g/mol. The summed E-state index contributed by atoms with van der Waals surface area (Å²) in [6.07, 6.45) is 2.13. The van der Waals surface area contributed by atoms with E-state index in [1.54, 1.807) is 6.07 Å². The van der Waals surface area contributed by atoms with Gasteiger partial charge in [-0.2, -0.15) is 0 Å². The first-order valence-corrected chi connectivity index (χ1v) is 6.56. The van der Waals surface area contributed by atoms with Crippen molar-refractivity contribution in [1.82, 2.24) is 10.3 Å². The van der Waals surface area contributed by atoms with Crippen molar-refractivity contribution in [2.75, 3.05) is 5.32 Å². The van der Waals surface area contributed by atoms with Crippen LogP contribution in [-0.4, -0.2) is 23.0 Å². The average molecular weight is 333 g/mol. The molecule has 2 heterocycles. The Morgan fingerprint density at radius 2 is 2.33 bits per heavy atom. The van der Waals surface area contributed by atoms with Crippen LogP contribution < -0.4 is 10.6 Å². The molecule has 1 aromatic rings. The third kappa shape index (κ3) is 2.53. The number of aromatic nitrogens is 1. The van der Waals surface area contributed by atoms with Gasteiger partial charge in [-0.25, -0.2) is 4.98 Å². The zero-order valence-electron chi connectivity index (χ0n) is 9.94. The van der Waals surface area contributed by atoms with Gasteiger partial charge in [0.05, 0.1) is 6.04 Å². The number of nitrogens with one attached hydrogen (secondary N) is 2. The smallest absolute Gasteiger partial charge is 0.242 e. The molecule has 0 bridgehead atoms. The number of carbonyl (C=O) groups is 1. The van der Waals surface area contributed by atoms with Crippen molar-refractivity contribution in [1.29, 1.82) is 0 Å². The van der Waals surface area contributed by atoms with E-state index in [-0.39, 0.29) is 24.4 Å². The Balaban J connectivity index is 0.00000120. The van der Waals surface area contributed by atoms with Crippen molar-refractivity contribution >= 4 is 40.1 Å². The van der Waals surface area contributed by atoms with Gasteiger partial charge in [0.1, 0.15) is 10.4 Å². The van der Waals surface area contributed by atoms with Crippen LogP contribution in [0.4, 0.5) is 5.82 Å². The van der Waals surface area contributed by atoms with Crippen LogP contribution in [0.25, 0.3) is 0 Å². The number of fused-ring (bicyclic) bond motifs is 1. The summed E-state index contributed by atoms with van der Waals surface area (Å²) in [5.74, 6) is 0.612. The van der Waals surface area contributed by atoms with Crippen molar-refractivity contribution in [3.8, 4) is 0 Å². The third-order valence-corrected chi connectivity index (χ3v) is 4.15. The van der Waals surface area contributed by atoms with Crippen molar-refractivity contribution in [3.63, 3.8) is 0 Å². The first kappa shape index (κ1) is 13.8. The molecule has 1 saturated carbocycles. The summed E-state index contributed by atoms with van der Waals surface area (Å²) in [6.45, 7) is 2.23. The van der Waals surface area contributed by atoms with Gasteiger partial charge in [0.15, 0.2) is 0 Å². The molecule has 4 nitrogen and oxygen atoms in total. The molecule has 98 valence electrons. The molecule has 3 unspecified atom stereocenters. The van der Waals surface area contributed by atoms with Gasteiger partial charge in [-0.1, -0.05) is 13.0 Å². The number of anilines is 1. The first-order valence-electron chi connectivity index (χ1n) is 5.76. The predicted octanol–water partition coefficient (Wildman–Crippen LogP) is 2.34. The number of halogens is 2. The van der Waals surface area contributed by atoms with E-state index in [1.807, 2.05) is 12.1 Å². The van der Waals surface area contributed by atoms with Crippen LogP contribution in [0.1, 0.15) is 19.8 Å². The fourth-order valence-corrected chi connectivity index (χ4v) is 2.86. The van der Waals surface area contributed by atoms with Crippen LogP contribution in [0.15, 0.2) is 22.8 Å². The fourth-order valence-electron chi connectivity index (χ4n) is 2.52. The van der Waals surface area contributed by atoms with Gasteiger partial charge in [0.2, 0.25) is 5.91 Å². The van der Waals surface area contributed by atoms with Crippen molar-refractivity contribution in [2.24, 2.45) is 5.41 Å². The maximum absolute atomic E-state index is 12.0.